The summed E-state index contributed by atoms with van der Waals surface area (Å²) in [5, 5.41) is 31.3. The first-order valence-corrected chi connectivity index (χ1v) is 12.1. The highest BCUT2D eigenvalue weighted by molar-refractivity contribution is 5.93. The highest BCUT2D eigenvalue weighted by Crippen LogP contribution is 2.51. The largest absolute Gasteiger partial charge is 0.504 e. The van der Waals surface area contributed by atoms with Crippen molar-refractivity contribution in [2.75, 3.05) is 0 Å². The van der Waals surface area contributed by atoms with Gasteiger partial charge in [0.1, 0.15) is 6.10 Å². The van der Waals surface area contributed by atoms with Crippen LogP contribution in [0.2, 0.25) is 0 Å². The van der Waals surface area contributed by atoms with Gasteiger partial charge < -0.3 is 20.1 Å². The Hall–Kier alpha value is -2.17. The fraction of sp³-hybridized carbons (Fsp3) is 0.667. The number of allylic oxidation sites excluding steroid dienone is 1. The second kappa shape index (κ2) is 9.76. The molecule has 2 aliphatic carbocycles. The Bertz CT molecular complexity index is 858. The lowest BCUT2D eigenvalue weighted by Crippen LogP contribution is -2.33. The van der Waals surface area contributed by atoms with Gasteiger partial charge in [-0.1, -0.05) is 39.8 Å². The van der Waals surface area contributed by atoms with E-state index in [1.54, 1.807) is 0 Å². The Morgan fingerprint density at radius 3 is 2.31 bits per heavy atom. The number of ether oxygens (including phenoxy) is 1. The molecule has 32 heavy (non-hydrogen) atoms. The van der Waals surface area contributed by atoms with Crippen molar-refractivity contribution in [3.63, 3.8) is 0 Å². The first-order chi connectivity index (χ1) is 15.0. The highest BCUT2D eigenvalue weighted by atomic mass is 16.5. The van der Waals surface area contributed by atoms with Crippen molar-refractivity contribution in [2.45, 2.75) is 85.2 Å². The predicted molar refractivity (Wildman–Crippen MR) is 126 cm³/mol. The van der Waals surface area contributed by atoms with Gasteiger partial charge in [-0.3, -0.25) is 0 Å². The zero-order chi connectivity index (χ0) is 23.7. The smallest absolute Gasteiger partial charge is 0.338 e. The van der Waals surface area contributed by atoms with Crippen LogP contribution in [0, 0.1) is 29.6 Å². The van der Waals surface area contributed by atoms with Crippen LogP contribution in [-0.2, 0) is 4.74 Å². The van der Waals surface area contributed by atoms with E-state index in [4.69, 9.17) is 4.74 Å². The molecule has 1 aromatic carbocycles. The van der Waals surface area contributed by atoms with Crippen LogP contribution in [0.3, 0.4) is 0 Å². The van der Waals surface area contributed by atoms with Crippen molar-refractivity contribution in [2.24, 2.45) is 29.6 Å². The summed E-state index contributed by atoms with van der Waals surface area (Å²) in [7, 11) is 0. The maximum absolute atomic E-state index is 13.4. The number of rotatable bonds is 5. The molecule has 0 bridgehead atoms. The molecule has 0 heterocycles. The Morgan fingerprint density at radius 2 is 1.69 bits per heavy atom. The van der Waals surface area contributed by atoms with Gasteiger partial charge in [0.05, 0.1) is 5.56 Å². The topological polar surface area (TPSA) is 87.0 Å². The molecule has 6 atom stereocenters. The molecule has 3 rings (SSSR count). The summed E-state index contributed by atoms with van der Waals surface area (Å²) in [6, 6.07) is 1.27. The van der Waals surface area contributed by atoms with Crippen LogP contribution >= 0.6 is 0 Å². The lowest BCUT2D eigenvalue weighted by Gasteiger charge is -2.38. The molecule has 0 spiro atoms. The van der Waals surface area contributed by atoms with E-state index in [2.05, 4.69) is 34.3 Å². The second-order valence-electron chi connectivity index (χ2n) is 10.7. The van der Waals surface area contributed by atoms with Gasteiger partial charge in [-0.05, 0) is 87.0 Å². The SMILES string of the molecule is C=C(C)C1CCC(C)C(OC(=O)c2cc(O)c(O)c(O)c2C2CC(C(C)C)CCC2C)C1. The van der Waals surface area contributed by atoms with Gasteiger partial charge in [-0.25, -0.2) is 4.79 Å². The van der Waals surface area contributed by atoms with Gasteiger partial charge in [-0.2, -0.15) is 0 Å². The minimum absolute atomic E-state index is 0.0860. The molecule has 0 radical (unpaired) electrons. The van der Waals surface area contributed by atoms with Crippen molar-refractivity contribution >= 4 is 5.97 Å². The van der Waals surface area contributed by atoms with Gasteiger partial charge in [0.2, 0.25) is 5.75 Å². The zero-order valence-corrected chi connectivity index (χ0v) is 20.2. The molecule has 2 aliphatic rings. The van der Waals surface area contributed by atoms with Crippen molar-refractivity contribution in [3.8, 4) is 17.2 Å². The van der Waals surface area contributed by atoms with Crippen LogP contribution in [0.1, 0.15) is 95.0 Å². The number of aromatic hydroxyl groups is 3. The Labute approximate surface area is 192 Å². The highest BCUT2D eigenvalue weighted by Gasteiger charge is 2.38. The lowest BCUT2D eigenvalue weighted by molar-refractivity contribution is -0.00199. The monoisotopic (exact) mass is 444 g/mol. The predicted octanol–water partition coefficient (Wildman–Crippen LogP) is 6.52. The summed E-state index contributed by atoms with van der Waals surface area (Å²) in [6.45, 7) is 14.7. The van der Waals surface area contributed by atoms with Gasteiger partial charge >= 0.3 is 5.97 Å². The number of phenolic OH excluding ortho intramolecular Hbond substituents is 3. The van der Waals surface area contributed by atoms with Crippen LogP contribution in [0.15, 0.2) is 18.2 Å². The van der Waals surface area contributed by atoms with Gasteiger partial charge in [0.15, 0.2) is 11.5 Å². The average Bonchev–Trinajstić information content (AvgIpc) is 2.73. The van der Waals surface area contributed by atoms with Crippen molar-refractivity contribution in [3.05, 3.63) is 29.3 Å². The van der Waals surface area contributed by atoms with Crippen molar-refractivity contribution in [1.29, 1.82) is 0 Å². The molecule has 2 fully saturated rings. The van der Waals surface area contributed by atoms with E-state index < -0.39 is 23.2 Å². The van der Waals surface area contributed by atoms with E-state index in [9.17, 15) is 20.1 Å². The number of esters is 1. The lowest BCUT2D eigenvalue weighted by atomic mass is 9.68. The summed E-state index contributed by atoms with van der Waals surface area (Å²) < 4.78 is 5.98. The Balaban J connectivity index is 1.95. The Kier molecular flexibility index (Phi) is 7.46. The fourth-order valence-electron chi connectivity index (χ4n) is 5.66. The third-order valence-electron chi connectivity index (χ3n) is 8.14. The number of carbonyl (C=O) groups excluding carboxylic acids is 1. The molecule has 3 N–H and O–H groups in total. The number of hydrogen-bond donors (Lipinski definition) is 3. The van der Waals surface area contributed by atoms with Crippen molar-refractivity contribution in [1.82, 2.24) is 0 Å². The quantitative estimate of drug-likeness (QED) is 0.273. The number of phenols is 3. The van der Waals surface area contributed by atoms with Crippen LogP contribution in [0.4, 0.5) is 0 Å². The molecule has 6 unspecified atom stereocenters. The second-order valence-corrected chi connectivity index (χ2v) is 10.7. The molecule has 0 aliphatic heterocycles. The van der Waals surface area contributed by atoms with E-state index in [1.807, 2.05) is 6.92 Å². The first kappa shape index (κ1) is 24.5. The van der Waals surface area contributed by atoms with Gasteiger partial charge in [0, 0.05) is 5.56 Å². The molecule has 5 nitrogen and oxygen atoms in total. The molecule has 5 heteroatoms. The van der Waals surface area contributed by atoms with Gasteiger partial charge in [-0.15, -0.1) is 0 Å². The first-order valence-electron chi connectivity index (χ1n) is 12.1. The number of benzene rings is 1. The maximum atomic E-state index is 13.4. The molecule has 2 saturated carbocycles. The van der Waals surface area contributed by atoms with E-state index >= 15 is 0 Å². The average molecular weight is 445 g/mol. The van der Waals surface area contributed by atoms with Crippen molar-refractivity contribution < 1.29 is 24.9 Å². The van der Waals surface area contributed by atoms with Crippen LogP contribution in [0.25, 0.3) is 0 Å². The third kappa shape index (κ3) is 4.92. The molecule has 0 saturated heterocycles. The van der Waals surface area contributed by atoms with Crippen LogP contribution in [0.5, 0.6) is 17.2 Å². The summed E-state index contributed by atoms with van der Waals surface area (Å²) >= 11 is 0. The van der Waals surface area contributed by atoms with E-state index in [0.29, 0.717) is 23.3 Å². The fourth-order valence-corrected chi connectivity index (χ4v) is 5.66. The normalized spacial score (nSPS) is 30.8. The Morgan fingerprint density at radius 1 is 1.03 bits per heavy atom. The minimum atomic E-state index is -0.566. The third-order valence-corrected chi connectivity index (χ3v) is 8.14. The molecule has 178 valence electrons. The molecular weight excluding hydrogens is 404 g/mol. The zero-order valence-electron chi connectivity index (χ0n) is 20.2. The number of hydrogen-bond acceptors (Lipinski definition) is 5. The summed E-state index contributed by atoms with van der Waals surface area (Å²) in [5.41, 5.74) is 1.70. The molecule has 0 amide bonds. The summed E-state index contributed by atoms with van der Waals surface area (Å²) in [5.74, 6) is -0.308. The molecule has 0 aromatic heterocycles. The van der Waals surface area contributed by atoms with Gasteiger partial charge in [0.25, 0.3) is 0 Å². The van der Waals surface area contributed by atoms with E-state index in [1.165, 1.54) is 6.07 Å². The molecule has 1 aromatic rings. The van der Waals surface area contributed by atoms with Crippen LogP contribution < -0.4 is 0 Å². The summed E-state index contributed by atoms with van der Waals surface area (Å²) in [4.78, 5) is 13.4. The van der Waals surface area contributed by atoms with E-state index in [0.717, 1.165) is 44.1 Å². The standard InChI is InChI=1S/C27H40O5/c1-14(2)18-9-7-16(5)20(11-18)24-21(13-22(28)25(29)26(24)30)27(31)32-23-12-19(15(3)4)10-8-17(23)6/h13-14,16-20,23,28-30H,3,7-12H2,1-2,4-6H3. The minimum Gasteiger partial charge on any atom is -0.504 e. The van der Waals surface area contributed by atoms with E-state index in [-0.39, 0.29) is 29.4 Å². The summed E-state index contributed by atoms with van der Waals surface area (Å²) in [6.07, 6.45) is 5.44. The number of carbonyl (C=O) groups is 1. The molecular formula is C27H40O5. The van der Waals surface area contributed by atoms with Crippen LogP contribution in [-0.4, -0.2) is 27.4 Å². The maximum Gasteiger partial charge on any atom is 0.338 e.